The monoisotopic (exact) mass is 427 g/mol. The van der Waals surface area contributed by atoms with Crippen molar-refractivity contribution in [3.05, 3.63) is 64.7 Å². The number of sulfonamides is 1. The molecule has 0 bridgehead atoms. The number of amides is 1. The van der Waals surface area contributed by atoms with Gasteiger partial charge in [0.05, 0.1) is 11.9 Å². The summed E-state index contributed by atoms with van der Waals surface area (Å²) in [6.07, 6.45) is 4.41. The molecule has 1 atom stereocenters. The fraction of sp³-hybridized carbons (Fsp3) is 0.435. The van der Waals surface area contributed by atoms with Gasteiger partial charge in [0.2, 0.25) is 10.0 Å². The van der Waals surface area contributed by atoms with Gasteiger partial charge in [0.15, 0.2) is 0 Å². The summed E-state index contributed by atoms with van der Waals surface area (Å²) in [6, 6.07) is 13.5. The molecule has 0 unspecified atom stereocenters. The van der Waals surface area contributed by atoms with Gasteiger partial charge in [-0.2, -0.15) is 0 Å². The number of nitrogens with one attached hydrogen (secondary N) is 1. The van der Waals surface area contributed by atoms with E-state index in [1.165, 1.54) is 42.1 Å². The van der Waals surface area contributed by atoms with Crippen molar-refractivity contribution in [1.29, 1.82) is 0 Å². The van der Waals surface area contributed by atoms with Gasteiger partial charge in [-0.3, -0.25) is 14.0 Å². The zero-order valence-corrected chi connectivity index (χ0v) is 18.4. The van der Waals surface area contributed by atoms with E-state index < -0.39 is 10.0 Å². The van der Waals surface area contributed by atoms with Crippen LogP contribution in [-0.4, -0.2) is 44.6 Å². The van der Waals surface area contributed by atoms with E-state index in [2.05, 4.69) is 34.5 Å². The van der Waals surface area contributed by atoms with E-state index in [0.29, 0.717) is 24.2 Å². The van der Waals surface area contributed by atoms with Crippen LogP contribution in [0.3, 0.4) is 0 Å². The second kappa shape index (κ2) is 8.40. The lowest BCUT2D eigenvalue weighted by Gasteiger charge is -2.21. The Morgan fingerprint density at radius 1 is 1.07 bits per heavy atom. The minimum Gasteiger partial charge on any atom is -0.348 e. The standard InChI is InChI=1S/C23H29N3O3S/c1-17-13-21-14-20(9-10-22(21)26(17)30(2,28)29)23(27)24-15-18-5-7-19(8-6-18)16-25-11-3-4-12-25/h5-10,14,17H,3-4,11-13,15-16H2,1-2H3,(H,24,27)/t17-/m1/s1. The van der Waals surface area contributed by atoms with Gasteiger partial charge in [0.25, 0.3) is 5.91 Å². The molecule has 2 aromatic carbocycles. The summed E-state index contributed by atoms with van der Waals surface area (Å²) in [5.41, 5.74) is 4.49. The third kappa shape index (κ3) is 4.52. The van der Waals surface area contributed by atoms with Crippen LogP contribution in [0.4, 0.5) is 5.69 Å². The Hall–Kier alpha value is -2.38. The summed E-state index contributed by atoms with van der Waals surface area (Å²) >= 11 is 0. The van der Waals surface area contributed by atoms with E-state index in [4.69, 9.17) is 0 Å². The zero-order valence-electron chi connectivity index (χ0n) is 17.6. The Labute approximate surface area is 178 Å². The maximum atomic E-state index is 12.6. The molecule has 1 fully saturated rings. The molecular weight excluding hydrogens is 398 g/mol. The minimum atomic E-state index is -3.33. The number of carbonyl (C=O) groups is 1. The molecule has 0 aromatic heterocycles. The number of benzene rings is 2. The van der Waals surface area contributed by atoms with Crippen LogP contribution in [0.1, 0.15) is 46.8 Å². The predicted molar refractivity (Wildman–Crippen MR) is 119 cm³/mol. The molecule has 1 amide bonds. The molecule has 4 rings (SSSR count). The molecule has 1 saturated heterocycles. The minimum absolute atomic E-state index is 0.132. The summed E-state index contributed by atoms with van der Waals surface area (Å²) in [5.74, 6) is -0.149. The van der Waals surface area contributed by atoms with Gasteiger partial charge in [-0.15, -0.1) is 0 Å². The third-order valence-corrected chi connectivity index (χ3v) is 7.20. The molecule has 2 aliphatic rings. The van der Waals surface area contributed by atoms with Gasteiger partial charge in [-0.1, -0.05) is 24.3 Å². The molecule has 0 saturated carbocycles. The number of rotatable bonds is 6. The Morgan fingerprint density at radius 3 is 2.40 bits per heavy atom. The topological polar surface area (TPSA) is 69.7 Å². The summed E-state index contributed by atoms with van der Waals surface area (Å²) < 4.78 is 25.5. The number of carbonyl (C=O) groups excluding carboxylic acids is 1. The van der Waals surface area contributed by atoms with E-state index >= 15 is 0 Å². The van der Waals surface area contributed by atoms with Crippen LogP contribution >= 0.6 is 0 Å². The Kier molecular flexibility index (Phi) is 5.84. The summed E-state index contributed by atoms with van der Waals surface area (Å²) in [7, 11) is -3.33. The normalized spacial score (nSPS) is 19.1. The van der Waals surface area contributed by atoms with Crippen LogP contribution in [0.5, 0.6) is 0 Å². The highest BCUT2D eigenvalue weighted by molar-refractivity contribution is 7.92. The van der Waals surface area contributed by atoms with Crippen LogP contribution in [0, 0.1) is 0 Å². The van der Waals surface area contributed by atoms with Crippen LogP contribution in [0.25, 0.3) is 0 Å². The smallest absolute Gasteiger partial charge is 0.251 e. The third-order valence-electron chi connectivity index (χ3n) is 5.93. The maximum Gasteiger partial charge on any atom is 0.251 e. The average Bonchev–Trinajstić information content (AvgIpc) is 3.32. The number of anilines is 1. The molecule has 2 heterocycles. The molecule has 0 spiro atoms. The van der Waals surface area contributed by atoms with Crippen LogP contribution in [0.2, 0.25) is 0 Å². The highest BCUT2D eigenvalue weighted by Crippen LogP contribution is 2.34. The predicted octanol–water partition coefficient (Wildman–Crippen LogP) is 2.92. The van der Waals surface area contributed by atoms with Crippen molar-refractivity contribution in [1.82, 2.24) is 10.2 Å². The van der Waals surface area contributed by atoms with Gasteiger partial charge in [-0.05, 0) is 74.2 Å². The summed E-state index contributed by atoms with van der Waals surface area (Å²) in [4.78, 5) is 15.1. The fourth-order valence-corrected chi connectivity index (χ4v) is 5.76. The lowest BCUT2D eigenvalue weighted by Crippen LogP contribution is -2.34. The summed E-state index contributed by atoms with van der Waals surface area (Å²) in [6.45, 7) is 5.70. The molecule has 7 heteroatoms. The van der Waals surface area contributed by atoms with E-state index in [-0.39, 0.29) is 11.9 Å². The second-order valence-corrected chi connectivity index (χ2v) is 10.3. The van der Waals surface area contributed by atoms with Crippen molar-refractivity contribution in [3.63, 3.8) is 0 Å². The molecule has 160 valence electrons. The summed E-state index contributed by atoms with van der Waals surface area (Å²) in [5, 5.41) is 2.97. The first-order valence-corrected chi connectivity index (χ1v) is 12.4. The van der Waals surface area contributed by atoms with Crippen LogP contribution in [-0.2, 0) is 29.5 Å². The molecule has 6 nitrogen and oxygen atoms in total. The Bertz CT molecular complexity index is 1030. The Morgan fingerprint density at radius 2 is 1.73 bits per heavy atom. The zero-order chi connectivity index (χ0) is 21.3. The van der Waals surface area contributed by atoms with Gasteiger partial charge in [-0.25, -0.2) is 8.42 Å². The van der Waals surface area contributed by atoms with Gasteiger partial charge in [0, 0.05) is 24.7 Å². The largest absolute Gasteiger partial charge is 0.348 e. The molecule has 1 N–H and O–H groups in total. The SMILES string of the molecule is C[C@@H]1Cc2cc(C(=O)NCc3ccc(CN4CCCC4)cc3)ccc2N1S(C)(=O)=O. The quantitative estimate of drug-likeness (QED) is 0.770. The molecule has 0 aliphatic carbocycles. The van der Waals surface area contributed by atoms with Crippen molar-refractivity contribution >= 4 is 21.6 Å². The molecule has 2 aromatic rings. The molecule has 2 aliphatic heterocycles. The van der Waals surface area contributed by atoms with Crippen molar-refractivity contribution < 1.29 is 13.2 Å². The fourth-order valence-electron chi connectivity index (χ4n) is 4.50. The lowest BCUT2D eigenvalue weighted by molar-refractivity contribution is 0.0951. The number of fused-ring (bicyclic) bond motifs is 1. The van der Waals surface area contributed by atoms with Crippen molar-refractivity contribution in [3.8, 4) is 0 Å². The number of nitrogens with zero attached hydrogens (tertiary/aromatic N) is 2. The van der Waals surface area contributed by atoms with Crippen LogP contribution in [0.15, 0.2) is 42.5 Å². The van der Waals surface area contributed by atoms with E-state index in [1.807, 2.05) is 13.0 Å². The van der Waals surface area contributed by atoms with Gasteiger partial charge >= 0.3 is 0 Å². The van der Waals surface area contributed by atoms with E-state index in [1.54, 1.807) is 12.1 Å². The van der Waals surface area contributed by atoms with Gasteiger partial charge < -0.3 is 5.32 Å². The first-order chi connectivity index (χ1) is 14.3. The Balaban J connectivity index is 1.37. The van der Waals surface area contributed by atoms with Crippen molar-refractivity contribution in [2.24, 2.45) is 0 Å². The number of hydrogen-bond donors (Lipinski definition) is 1. The van der Waals surface area contributed by atoms with E-state index in [9.17, 15) is 13.2 Å². The first-order valence-electron chi connectivity index (χ1n) is 10.5. The van der Waals surface area contributed by atoms with Crippen molar-refractivity contribution in [2.75, 3.05) is 23.7 Å². The molecular formula is C23H29N3O3S. The highest BCUT2D eigenvalue weighted by Gasteiger charge is 2.32. The second-order valence-electron chi connectivity index (χ2n) is 8.44. The maximum absolute atomic E-state index is 12.6. The highest BCUT2D eigenvalue weighted by atomic mass is 32.2. The number of hydrogen-bond acceptors (Lipinski definition) is 4. The van der Waals surface area contributed by atoms with E-state index in [0.717, 1.165) is 17.7 Å². The first kappa shape index (κ1) is 20.9. The molecule has 0 radical (unpaired) electrons. The van der Waals surface area contributed by atoms with Gasteiger partial charge in [0.1, 0.15) is 0 Å². The van der Waals surface area contributed by atoms with Crippen molar-refractivity contribution in [2.45, 2.75) is 45.3 Å². The lowest BCUT2D eigenvalue weighted by atomic mass is 10.1. The number of likely N-dealkylation sites (tertiary alicyclic amines) is 1. The average molecular weight is 428 g/mol. The molecule has 30 heavy (non-hydrogen) atoms. The van der Waals surface area contributed by atoms with Crippen LogP contribution < -0.4 is 9.62 Å².